The Labute approximate surface area is 205 Å². The summed E-state index contributed by atoms with van der Waals surface area (Å²) in [6, 6.07) is 8.88. The molecule has 0 unspecified atom stereocenters. The summed E-state index contributed by atoms with van der Waals surface area (Å²) < 4.78 is 5.99. The average Bonchev–Trinajstić information content (AvgIpc) is 3.39. The van der Waals surface area contributed by atoms with Crippen LogP contribution in [0.4, 0.5) is 10.5 Å². The molecule has 1 aromatic carbocycles. The van der Waals surface area contributed by atoms with Gasteiger partial charge in [0.05, 0.1) is 22.3 Å². The molecule has 178 valence electrons. The molecule has 1 saturated heterocycles. The van der Waals surface area contributed by atoms with Gasteiger partial charge in [-0.15, -0.1) is 11.3 Å². The van der Waals surface area contributed by atoms with Crippen LogP contribution in [0.3, 0.4) is 0 Å². The maximum absolute atomic E-state index is 12.6. The van der Waals surface area contributed by atoms with E-state index in [0.717, 1.165) is 22.3 Å². The molecule has 0 radical (unpaired) electrons. The first-order valence-electron chi connectivity index (χ1n) is 10.7. The van der Waals surface area contributed by atoms with E-state index in [1.165, 1.54) is 16.2 Å². The van der Waals surface area contributed by atoms with Gasteiger partial charge in [0.1, 0.15) is 6.10 Å². The first kappa shape index (κ1) is 24.0. The van der Waals surface area contributed by atoms with E-state index in [2.05, 4.69) is 10.3 Å². The largest absolute Gasteiger partial charge is 0.442 e. The second-order valence-corrected chi connectivity index (χ2v) is 9.77. The molecule has 3 aromatic rings. The van der Waals surface area contributed by atoms with Crippen LogP contribution in [0.1, 0.15) is 26.4 Å². The van der Waals surface area contributed by atoms with Gasteiger partial charge < -0.3 is 20.1 Å². The van der Waals surface area contributed by atoms with E-state index in [0.29, 0.717) is 27.0 Å². The minimum Gasteiger partial charge on any atom is -0.442 e. The van der Waals surface area contributed by atoms with Gasteiger partial charge in [0.15, 0.2) is 0 Å². The van der Waals surface area contributed by atoms with Crippen LogP contribution in [0.25, 0.3) is 11.1 Å². The van der Waals surface area contributed by atoms with E-state index in [1.807, 2.05) is 32.0 Å². The standard InChI is InChI=1S/C24H24ClN3O5S/c1-13-9-15(10-14(2)21(13)17-5-7-26-22(30)18(17)6-8-29)28-12-16(33-24(28)32)11-27-23(31)19-3-4-20(25)34-19/h3-5,7,9-10,16,29H,6,8,11-12H2,1-2H3,(H,26,30)(H,27,31)/t16-/m0/s1. The lowest BCUT2D eigenvalue weighted by Gasteiger charge is -2.19. The van der Waals surface area contributed by atoms with E-state index >= 15 is 0 Å². The molecule has 0 bridgehead atoms. The van der Waals surface area contributed by atoms with E-state index in [4.69, 9.17) is 16.3 Å². The van der Waals surface area contributed by atoms with Gasteiger partial charge >= 0.3 is 6.09 Å². The van der Waals surface area contributed by atoms with Gasteiger partial charge in [-0.3, -0.25) is 14.5 Å². The van der Waals surface area contributed by atoms with Gasteiger partial charge in [-0.25, -0.2) is 4.79 Å². The minimum absolute atomic E-state index is 0.132. The highest BCUT2D eigenvalue weighted by Crippen LogP contribution is 2.34. The van der Waals surface area contributed by atoms with Crippen molar-refractivity contribution in [1.29, 1.82) is 0 Å². The molecular formula is C24H24ClN3O5S. The average molecular weight is 502 g/mol. The summed E-state index contributed by atoms with van der Waals surface area (Å²) in [5, 5.41) is 12.2. The number of pyridine rings is 1. The minimum atomic E-state index is -0.490. The quantitative estimate of drug-likeness (QED) is 0.457. The Kier molecular flexibility index (Phi) is 7.06. The number of halogens is 1. The number of hydrogen-bond acceptors (Lipinski definition) is 6. The number of aliphatic hydroxyl groups is 1. The van der Waals surface area contributed by atoms with Gasteiger partial charge in [0.25, 0.3) is 11.5 Å². The molecule has 34 heavy (non-hydrogen) atoms. The molecule has 3 heterocycles. The Morgan fingerprint density at radius 3 is 2.65 bits per heavy atom. The number of nitrogens with zero attached hydrogens (tertiary/aromatic N) is 1. The number of benzene rings is 1. The summed E-state index contributed by atoms with van der Waals surface area (Å²) in [5.74, 6) is -0.265. The fourth-order valence-electron chi connectivity index (χ4n) is 4.19. The number of amides is 2. The molecule has 0 spiro atoms. The zero-order valence-corrected chi connectivity index (χ0v) is 20.3. The van der Waals surface area contributed by atoms with E-state index in [9.17, 15) is 19.5 Å². The van der Waals surface area contributed by atoms with Crippen molar-refractivity contribution in [2.45, 2.75) is 26.4 Å². The number of aryl methyl sites for hydroxylation is 2. The van der Waals surface area contributed by atoms with Crippen LogP contribution in [-0.2, 0) is 11.2 Å². The van der Waals surface area contributed by atoms with Crippen LogP contribution in [-0.4, -0.2) is 47.9 Å². The molecular weight excluding hydrogens is 478 g/mol. The van der Waals surface area contributed by atoms with Crippen LogP contribution in [0.15, 0.2) is 41.3 Å². The molecule has 2 amide bonds. The monoisotopic (exact) mass is 501 g/mol. The molecule has 10 heteroatoms. The number of carbonyl (C=O) groups is 2. The van der Waals surface area contributed by atoms with Crippen molar-refractivity contribution in [3.63, 3.8) is 0 Å². The third-order valence-electron chi connectivity index (χ3n) is 5.69. The highest BCUT2D eigenvalue weighted by atomic mass is 35.5. The van der Waals surface area contributed by atoms with Crippen molar-refractivity contribution in [2.75, 3.05) is 24.6 Å². The summed E-state index contributed by atoms with van der Waals surface area (Å²) in [4.78, 5) is 41.8. The lowest BCUT2D eigenvalue weighted by atomic mass is 9.91. The number of thiophene rings is 1. The fraction of sp³-hybridized carbons (Fsp3) is 0.292. The Bertz CT molecular complexity index is 1280. The highest BCUT2D eigenvalue weighted by Gasteiger charge is 2.33. The van der Waals surface area contributed by atoms with Crippen molar-refractivity contribution in [2.24, 2.45) is 0 Å². The Morgan fingerprint density at radius 1 is 1.26 bits per heavy atom. The molecule has 8 nitrogen and oxygen atoms in total. The second-order valence-electron chi connectivity index (χ2n) is 8.06. The number of H-pyrrole nitrogens is 1. The van der Waals surface area contributed by atoms with Crippen LogP contribution in [0.5, 0.6) is 0 Å². The van der Waals surface area contributed by atoms with Crippen molar-refractivity contribution in [1.82, 2.24) is 10.3 Å². The molecule has 4 rings (SSSR count). The number of nitrogens with one attached hydrogen (secondary N) is 2. The summed E-state index contributed by atoms with van der Waals surface area (Å²) in [5.41, 5.74) is 4.40. The van der Waals surface area contributed by atoms with Crippen molar-refractivity contribution in [3.05, 3.63) is 72.8 Å². The Balaban J connectivity index is 1.52. The number of hydrogen-bond donors (Lipinski definition) is 3. The number of cyclic esters (lactones) is 1. The highest BCUT2D eigenvalue weighted by molar-refractivity contribution is 7.18. The predicted molar refractivity (Wildman–Crippen MR) is 132 cm³/mol. The molecule has 2 aromatic heterocycles. The van der Waals surface area contributed by atoms with Gasteiger partial charge in [0, 0.05) is 30.5 Å². The van der Waals surface area contributed by atoms with E-state index in [1.54, 1.807) is 18.3 Å². The summed E-state index contributed by atoms with van der Waals surface area (Å²) in [6.07, 6.45) is 0.861. The number of aromatic amines is 1. The van der Waals surface area contributed by atoms with Gasteiger partial charge in [-0.05, 0) is 66.4 Å². The first-order valence-corrected chi connectivity index (χ1v) is 11.9. The van der Waals surface area contributed by atoms with E-state index < -0.39 is 12.2 Å². The number of aliphatic hydroxyl groups excluding tert-OH is 1. The van der Waals surface area contributed by atoms with Crippen molar-refractivity contribution >= 4 is 40.6 Å². The van der Waals surface area contributed by atoms with Gasteiger partial charge in [-0.2, -0.15) is 0 Å². The summed E-state index contributed by atoms with van der Waals surface area (Å²) in [6.45, 7) is 4.18. The molecule has 3 N–H and O–H groups in total. The lowest BCUT2D eigenvalue weighted by Crippen LogP contribution is -2.34. The number of rotatable bonds is 7. The van der Waals surface area contributed by atoms with Crippen LogP contribution in [0, 0.1) is 13.8 Å². The third-order valence-corrected chi connectivity index (χ3v) is 6.92. The predicted octanol–water partition coefficient (Wildman–Crippen LogP) is 3.66. The SMILES string of the molecule is Cc1cc(N2C[C@H](CNC(=O)c3ccc(Cl)s3)OC2=O)cc(C)c1-c1cc[nH]c(=O)c1CCO. The molecule has 1 fully saturated rings. The molecule has 0 aliphatic carbocycles. The maximum Gasteiger partial charge on any atom is 0.414 e. The van der Waals surface area contributed by atoms with Crippen LogP contribution >= 0.6 is 22.9 Å². The molecule has 0 saturated carbocycles. The Morgan fingerprint density at radius 2 is 2.00 bits per heavy atom. The normalized spacial score (nSPS) is 15.5. The van der Waals surface area contributed by atoms with Crippen molar-refractivity contribution < 1.29 is 19.4 Å². The van der Waals surface area contributed by atoms with Crippen molar-refractivity contribution in [3.8, 4) is 11.1 Å². The van der Waals surface area contributed by atoms with Gasteiger partial charge in [0.2, 0.25) is 0 Å². The number of aromatic nitrogens is 1. The van der Waals surface area contributed by atoms with E-state index in [-0.39, 0.29) is 31.0 Å². The maximum atomic E-state index is 12.6. The molecule has 1 aliphatic heterocycles. The topological polar surface area (TPSA) is 112 Å². The summed E-state index contributed by atoms with van der Waals surface area (Å²) >= 11 is 7.06. The molecule has 1 atom stereocenters. The fourth-order valence-corrected chi connectivity index (χ4v) is 5.15. The Hall–Kier alpha value is -3.14. The first-order chi connectivity index (χ1) is 16.3. The number of ether oxygens (including phenoxy) is 1. The number of anilines is 1. The second kappa shape index (κ2) is 10.0. The van der Waals surface area contributed by atoms with Crippen LogP contribution < -0.4 is 15.8 Å². The number of carbonyl (C=O) groups excluding carboxylic acids is 2. The lowest BCUT2D eigenvalue weighted by molar-refractivity contribution is 0.0920. The smallest absolute Gasteiger partial charge is 0.414 e. The molecule has 1 aliphatic rings. The summed E-state index contributed by atoms with van der Waals surface area (Å²) in [7, 11) is 0. The third kappa shape index (κ3) is 4.86. The zero-order valence-electron chi connectivity index (χ0n) is 18.7. The van der Waals surface area contributed by atoms with Crippen LogP contribution in [0.2, 0.25) is 4.34 Å². The van der Waals surface area contributed by atoms with Gasteiger partial charge in [-0.1, -0.05) is 11.6 Å². The zero-order chi connectivity index (χ0) is 24.4.